The van der Waals surface area contributed by atoms with E-state index in [2.05, 4.69) is 13.8 Å². The number of aromatic nitrogens is 2. The summed E-state index contributed by atoms with van der Waals surface area (Å²) >= 11 is 0. The Morgan fingerprint density at radius 1 is 1.48 bits per heavy atom. The second-order valence-corrected chi connectivity index (χ2v) is 6.63. The molecule has 4 nitrogen and oxygen atoms in total. The molecule has 1 aliphatic rings. The summed E-state index contributed by atoms with van der Waals surface area (Å²) in [6.07, 6.45) is 5.27. The highest BCUT2D eigenvalue weighted by Crippen LogP contribution is 2.41. The van der Waals surface area contributed by atoms with Crippen molar-refractivity contribution in [3.8, 4) is 0 Å². The summed E-state index contributed by atoms with van der Waals surface area (Å²) in [5, 5.41) is 0. The van der Waals surface area contributed by atoms with E-state index in [0.717, 1.165) is 36.5 Å². The third kappa shape index (κ3) is 4.01. The van der Waals surface area contributed by atoms with Crippen LogP contribution in [0, 0.1) is 12.8 Å². The molecule has 0 radical (unpaired) electrons. The van der Waals surface area contributed by atoms with E-state index in [1.807, 2.05) is 19.9 Å². The van der Waals surface area contributed by atoms with Gasteiger partial charge in [0, 0.05) is 30.5 Å². The van der Waals surface area contributed by atoms with Gasteiger partial charge in [-0.25, -0.2) is 9.97 Å². The maximum absolute atomic E-state index is 6.19. The molecule has 1 aromatic rings. The number of aryl methyl sites for hydroxylation is 1. The summed E-state index contributed by atoms with van der Waals surface area (Å²) in [6, 6.07) is 2.15. The van der Waals surface area contributed by atoms with Crippen molar-refractivity contribution in [3.05, 3.63) is 23.3 Å². The van der Waals surface area contributed by atoms with Crippen LogP contribution in [-0.4, -0.2) is 22.6 Å². The Balaban J connectivity index is 2.37. The summed E-state index contributed by atoms with van der Waals surface area (Å²) in [5.74, 6) is 1.53. The number of ether oxygens (including phenoxy) is 1. The molecule has 118 valence electrons. The second-order valence-electron chi connectivity index (χ2n) is 6.63. The van der Waals surface area contributed by atoms with Gasteiger partial charge in [-0.15, -0.1) is 0 Å². The van der Waals surface area contributed by atoms with Crippen molar-refractivity contribution < 1.29 is 4.74 Å². The molecule has 0 bridgehead atoms. The molecule has 0 aromatic carbocycles. The summed E-state index contributed by atoms with van der Waals surface area (Å²) in [7, 11) is 0. The molecule has 21 heavy (non-hydrogen) atoms. The van der Waals surface area contributed by atoms with Crippen molar-refractivity contribution in [3.63, 3.8) is 0 Å². The van der Waals surface area contributed by atoms with Crippen molar-refractivity contribution >= 4 is 0 Å². The SMILES string of the molecule is CCOC1(c2nc(C)cc(CC(C)N)n2)CCCC(C)C1. The van der Waals surface area contributed by atoms with Gasteiger partial charge in [0.1, 0.15) is 5.60 Å². The van der Waals surface area contributed by atoms with Gasteiger partial charge >= 0.3 is 0 Å². The second kappa shape index (κ2) is 6.84. The van der Waals surface area contributed by atoms with E-state index >= 15 is 0 Å². The Morgan fingerprint density at radius 2 is 2.24 bits per heavy atom. The predicted octanol–water partition coefficient (Wildman–Crippen LogP) is 3.12. The van der Waals surface area contributed by atoms with Gasteiger partial charge in [0.2, 0.25) is 0 Å². The molecule has 1 heterocycles. The van der Waals surface area contributed by atoms with Gasteiger partial charge in [0.15, 0.2) is 5.82 Å². The normalized spacial score (nSPS) is 27.6. The van der Waals surface area contributed by atoms with E-state index in [1.54, 1.807) is 0 Å². The van der Waals surface area contributed by atoms with Gasteiger partial charge in [-0.1, -0.05) is 13.3 Å². The standard InChI is InChI=1S/C17H29N3O/c1-5-21-17(8-6-7-12(2)11-17)16-19-14(4)10-15(20-16)9-13(3)18/h10,12-13H,5-9,11,18H2,1-4H3. The Morgan fingerprint density at radius 3 is 2.86 bits per heavy atom. The van der Waals surface area contributed by atoms with E-state index < -0.39 is 0 Å². The Bertz CT molecular complexity index is 471. The molecule has 0 amide bonds. The summed E-state index contributed by atoms with van der Waals surface area (Å²) in [6.45, 7) is 9.10. The lowest BCUT2D eigenvalue weighted by molar-refractivity contribution is -0.0883. The summed E-state index contributed by atoms with van der Waals surface area (Å²) in [4.78, 5) is 9.52. The van der Waals surface area contributed by atoms with Crippen LogP contribution < -0.4 is 5.73 Å². The van der Waals surface area contributed by atoms with Crippen LogP contribution in [0.15, 0.2) is 6.07 Å². The van der Waals surface area contributed by atoms with Crippen LogP contribution >= 0.6 is 0 Å². The summed E-state index contributed by atoms with van der Waals surface area (Å²) in [5.41, 5.74) is 7.66. The van der Waals surface area contributed by atoms with E-state index in [1.165, 1.54) is 12.8 Å². The molecule has 3 unspecified atom stereocenters. The van der Waals surface area contributed by atoms with Crippen molar-refractivity contribution in [2.24, 2.45) is 11.7 Å². The molecule has 0 spiro atoms. The third-order valence-corrected chi connectivity index (χ3v) is 4.22. The number of hydrogen-bond donors (Lipinski definition) is 1. The number of nitrogens with two attached hydrogens (primary N) is 1. The van der Waals surface area contributed by atoms with Crippen LogP contribution in [0.25, 0.3) is 0 Å². The van der Waals surface area contributed by atoms with E-state index in [9.17, 15) is 0 Å². The van der Waals surface area contributed by atoms with Crippen molar-refractivity contribution in [1.82, 2.24) is 9.97 Å². The summed E-state index contributed by atoms with van der Waals surface area (Å²) < 4.78 is 6.19. The smallest absolute Gasteiger partial charge is 0.160 e. The highest BCUT2D eigenvalue weighted by atomic mass is 16.5. The lowest BCUT2D eigenvalue weighted by atomic mass is 9.78. The third-order valence-electron chi connectivity index (χ3n) is 4.22. The first-order valence-electron chi connectivity index (χ1n) is 8.20. The minimum atomic E-state index is -0.301. The van der Waals surface area contributed by atoms with Crippen LogP contribution in [0.5, 0.6) is 0 Å². The van der Waals surface area contributed by atoms with Crippen LogP contribution in [-0.2, 0) is 16.8 Å². The molecule has 4 heteroatoms. The highest BCUT2D eigenvalue weighted by Gasteiger charge is 2.40. The average molecular weight is 291 g/mol. The first-order chi connectivity index (χ1) is 9.95. The van der Waals surface area contributed by atoms with E-state index in [-0.39, 0.29) is 11.6 Å². The molecule has 2 rings (SSSR count). The molecular formula is C17H29N3O. The van der Waals surface area contributed by atoms with Crippen LogP contribution in [0.3, 0.4) is 0 Å². The van der Waals surface area contributed by atoms with Gasteiger partial charge in [0.25, 0.3) is 0 Å². The maximum Gasteiger partial charge on any atom is 0.160 e. The lowest BCUT2D eigenvalue weighted by Gasteiger charge is -2.38. The van der Waals surface area contributed by atoms with Crippen LogP contribution in [0.4, 0.5) is 0 Å². The fraction of sp³-hybridized carbons (Fsp3) is 0.765. The van der Waals surface area contributed by atoms with Gasteiger partial charge in [-0.3, -0.25) is 0 Å². The fourth-order valence-corrected chi connectivity index (χ4v) is 3.45. The fourth-order valence-electron chi connectivity index (χ4n) is 3.45. The molecule has 1 fully saturated rings. The Labute approximate surface area is 128 Å². The van der Waals surface area contributed by atoms with Crippen LogP contribution in [0.1, 0.15) is 63.7 Å². The monoisotopic (exact) mass is 291 g/mol. The van der Waals surface area contributed by atoms with Gasteiger partial charge in [-0.05, 0) is 52.0 Å². The van der Waals surface area contributed by atoms with Gasteiger partial charge < -0.3 is 10.5 Å². The van der Waals surface area contributed by atoms with Crippen molar-refractivity contribution in [2.75, 3.05) is 6.61 Å². The number of hydrogen-bond acceptors (Lipinski definition) is 4. The Hall–Kier alpha value is -1.00. The highest BCUT2D eigenvalue weighted by molar-refractivity contribution is 5.16. The zero-order chi connectivity index (χ0) is 15.5. The first kappa shape index (κ1) is 16.4. The van der Waals surface area contributed by atoms with Crippen LogP contribution in [0.2, 0.25) is 0 Å². The van der Waals surface area contributed by atoms with Gasteiger partial charge in [0.05, 0.1) is 0 Å². The van der Waals surface area contributed by atoms with Crippen molar-refractivity contribution in [1.29, 1.82) is 0 Å². The Kier molecular flexibility index (Phi) is 5.33. The molecule has 0 aliphatic heterocycles. The largest absolute Gasteiger partial charge is 0.367 e. The topological polar surface area (TPSA) is 61.0 Å². The number of nitrogens with zero attached hydrogens (tertiary/aromatic N) is 2. The molecule has 2 N–H and O–H groups in total. The molecule has 1 aromatic heterocycles. The van der Waals surface area contributed by atoms with Gasteiger partial charge in [-0.2, -0.15) is 0 Å². The lowest BCUT2D eigenvalue weighted by Crippen LogP contribution is -2.37. The maximum atomic E-state index is 6.19. The predicted molar refractivity (Wildman–Crippen MR) is 85.1 cm³/mol. The molecule has 1 saturated carbocycles. The number of rotatable bonds is 5. The molecule has 1 aliphatic carbocycles. The zero-order valence-electron chi connectivity index (χ0n) is 13.9. The first-order valence-corrected chi connectivity index (χ1v) is 8.20. The zero-order valence-corrected chi connectivity index (χ0v) is 13.9. The van der Waals surface area contributed by atoms with E-state index in [0.29, 0.717) is 12.5 Å². The minimum Gasteiger partial charge on any atom is -0.367 e. The molecular weight excluding hydrogens is 262 g/mol. The quantitative estimate of drug-likeness (QED) is 0.905. The molecule has 0 saturated heterocycles. The average Bonchev–Trinajstić information content (AvgIpc) is 2.37. The molecule has 3 atom stereocenters. The van der Waals surface area contributed by atoms with E-state index in [4.69, 9.17) is 20.4 Å². The van der Waals surface area contributed by atoms with Crippen molar-refractivity contribution in [2.45, 2.75) is 71.4 Å². The minimum absolute atomic E-state index is 0.112.